The molecule has 0 radical (unpaired) electrons. The average molecular weight is 430 g/mol. The number of carbonyl (C=O) groups excluding carboxylic acids is 1. The zero-order chi connectivity index (χ0) is 18.4. The van der Waals surface area contributed by atoms with Crippen molar-refractivity contribution < 1.29 is 22.0 Å². The predicted molar refractivity (Wildman–Crippen MR) is 103 cm³/mol. The van der Waals surface area contributed by atoms with E-state index in [9.17, 15) is 22.0 Å². The molecule has 1 atom stereocenters. The summed E-state index contributed by atoms with van der Waals surface area (Å²) in [6.45, 7) is 3.19. The molecule has 1 aliphatic rings. The minimum absolute atomic E-state index is 0. The highest BCUT2D eigenvalue weighted by atomic mass is 35.5. The first-order chi connectivity index (χ1) is 11.8. The van der Waals surface area contributed by atoms with Crippen molar-refractivity contribution >= 4 is 51.3 Å². The molecule has 1 aromatic rings. The Balaban J connectivity index is 0.00000338. The molecule has 1 fully saturated rings. The Morgan fingerprint density at radius 2 is 2.12 bits per heavy atom. The summed E-state index contributed by atoms with van der Waals surface area (Å²) >= 11 is 1.75. The summed E-state index contributed by atoms with van der Waals surface area (Å²) in [5, 5.41) is 8.84. The van der Waals surface area contributed by atoms with Gasteiger partial charge < -0.3 is 16.0 Å². The first-order valence-corrected chi connectivity index (χ1v) is 10.6. The molecule has 0 bridgehead atoms. The van der Waals surface area contributed by atoms with E-state index in [-0.39, 0.29) is 36.5 Å². The Bertz CT molecular complexity index is 714. The molecule has 148 valence electrons. The fraction of sp³-hybridized carbons (Fsp3) is 0.533. The van der Waals surface area contributed by atoms with Crippen molar-refractivity contribution in [2.45, 2.75) is 30.0 Å². The van der Waals surface area contributed by atoms with Crippen molar-refractivity contribution in [1.82, 2.24) is 5.32 Å². The standard InChI is InChI=1S/C15H21F2N3O3S2.ClH/c1-2-18-12-4-3-11(25(22,23)15(16)17)8-13(12)20-14(21)7-10-9-24-6-5-19-10;/h3-4,8,10,15,18-19H,2,5-7,9H2,1H3,(H,20,21);1H. The van der Waals surface area contributed by atoms with Gasteiger partial charge in [0.15, 0.2) is 0 Å². The molecule has 11 heteroatoms. The molecule has 2 rings (SSSR count). The maximum Gasteiger partial charge on any atom is 0.341 e. The van der Waals surface area contributed by atoms with Gasteiger partial charge in [0.2, 0.25) is 15.7 Å². The Morgan fingerprint density at radius 1 is 1.38 bits per heavy atom. The van der Waals surface area contributed by atoms with Crippen molar-refractivity contribution in [3.8, 4) is 0 Å². The highest BCUT2D eigenvalue weighted by Crippen LogP contribution is 2.28. The van der Waals surface area contributed by atoms with Crippen LogP contribution in [0.2, 0.25) is 0 Å². The van der Waals surface area contributed by atoms with Crippen molar-refractivity contribution in [2.75, 3.05) is 35.2 Å². The number of thioether (sulfide) groups is 1. The number of nitrogens with one attached hydrogen (secondary N) is 3. The van der Waals surface area contributed by atoms with Crippen LogP contribution < -0.4 is 16.0 Å². The van der Waals surface area contributed by atoms with Crippen LogP contribution in [0, 0.1) is 0 Å². The van der Waals surface area contributed by atoms with Crippen molar-refractivity contribution in [3.05, 3.63) is 18.2 Å². The summed E-state index contributed by atoms with van der Waals surface area (Å²) in [5.74, 6) is -2.00. The summed E-state index contributed by atoms with van der Waals surface area (Å²) < 4.78 is 48.8. The fourth-order valence-corrected chi connectivity index (χ4v) is 4.12. The molecule has 1 amide bonds. The molecule has 1 saturated heterocycles. The molecule has 26 heavy (non-hydrogen) atoms. The van der Waals surface area contributed by atoms with Crippen molar-refractivity contribution in [1.29, 1.82) is 0 Å². The van der Waals surface area contributed by atoms with Gasteiger partial charge in [-0.1, -0.05) is 0 Å². The maximum absolute atomic E-state index is 12.7. The van der Waals surface area contributed by atoms with Crippen molar-refractivity contribution in [2.24, 2.45) is 0 Å². The first kappa shape index (κ1) is 22.9. The molecule has 0 aliphatic carbocycles. The second kappa shape index (κ2) is 10.3. The molecular formula is C15H22ClF2N3O3S2. The van der Waals surface area contributed by atoms with Gasteiger partial charge in [0.05, 0.1) is 16.3 Å². The highest BCUT2D eigenvalue weighted by molar-refractivity contribution is 7.99. The van der Waals surface area contributed by atoms with Gasteiger partial charge in [-0.3, -0.25) is 4.79 Å². The van der Waals surface area contributed by atoms with Gasteiger partial charge in [-0.05, 0) is 25.1 Å². The zero-order valence-corrected chi connectivity index (χ0v) is 16.6. The summed E-state index contributed by atoms with van der Waals surface area (Å²) in [6.07, 6.45) is 0.227. The second-order valence-corrected chi connectivity index (χ2v) is 8.59. The molecule has 1 aromatic carbocycles. The van der Waals surface area contributed by atoms with E-state index >= 15 is 0 Å². The largest absolute Gasteiger partial charge is 0.384 e. The number of halogens is 3. The van der Waals surface area contributed by atoms with Gasteiger partial charge in [0.25, 0.3) is 0 Å². The predicted octanol–water partition coefficient (Wildman–Crippen LogP) is 2.57. The quantitative estimate of drug-likeness (QED) is 0.617. The number of alkyl halides is 2. The molecule has 0 saturated carbocycles. The van der Waals surface area contributed by atoms with E-state index in [1.165, 1.54) is 6.07 Å². The topological polar surface area (TPSA) is 87.3 Å². The lowest BCUT2D eigenvalue weighted by Crippen LogP contribution is -2.39. The SMILES string of the molecule is CCNc1ccc(S(=O)(=O)C(F)F)cc1NC(=O)CC1CSCCN1.Cl. The molecular weight excluding hydrogens is 408 g/mol. The van der Waals surface area contributed by atoms with Crippen LogP contribution in [0.15, 0.2) is 23.1 Å². The normalized spacial score (nSPS) is 17.5. The van der Waals surface area contributed by atoms with Crippen LogP contribution in [0.1, 0.15) is 13.3 Å². The Hall–Kier alpha value is -1.10. The minimum atomic E-state index is -4.72. The number of hydrogen-bond donors (Lipinski definition) is 3. The van der Waals surface area contributed by atoms with E-state index in [2.05, 4.69) is 16.0 Å². The van der Waals surface area contributed by atoms with E-state index in [0.717, 1.165) is 30.2 Å². The van der Waals surface area contributed by atoms with Crippen LogP contribution in [0.3, 0.4) is 0 Å². The number of anilines is 2. The third kappa shape index (κ3) is 5.97. The molecule has 6 nitrogen and oxygen atoms in total. The lowest BCUT2D eigenvalue weighted by Gasteiger charge is -2.23. The highest BCUT2D eigenvalue weighted by Gasteiger charge is 2.27. The van der Waals surface area contributed by atoms with E-state index < -0.39 is 20.5 Å². The van der Waals surface area contributed by atoms with Crippen molar-refractivity contribution in [3.63, 3.8) is 0 Å². The van der Waals surface area contributed by atoms with E-state index in [1.54, 1.807) is 11.8 Å². The number of carbonyl (C=O) groups is 1. The second-order valence-electron chi connectivity index (χ2n) is 5.52. The lowest BCUT2D eigenvalue weighted by molar-refractivity contribution is -0.116. The molecule has 0 spiro atoms. The van der Waals surface area contributed by atoms with E-state index in [4.69, 9.17) is 0 Å². The summed E-state index contributed by atoms with van der Waals surface area (Å²) in [6, 6.07) is 3.59. The molecule has 1 heterocycles. The smallest absolute Gasteiger partial charge is 0.341 e. The minimum Gasteiger partial charge on any atom is -0.384 e. The van der Waals surface area contributed by atoms with Crippen LogP contribution in [-0.2, 0) is 14.6 Å². The van der Waals surface area contributed by atoms with Gasteiger partial charge in [-0.25, -0.2) is 8.42 Å². The van der Waals surface area contributed by atoms with E-state index in [1.807, 2.05) is 6.92 Å². The van der Waals surface area contributed by atoms with Crippen LogP contribution in [0.4, 0.5) is 20.2 Å². The van der Waals surface area contributed by atoms with Crippen LogP contribution in [0.25, 0.3) is 0 Å². The summed E-state index contributed by atoms with van der Waals surface area (Å²) in [5.41, 5.74) is 0.659. The lowest BCUT2D eigenvalue weighted by atomic mass is 10.2. The Kier molecular flexibility index (Phi) is 9.08. The van der Waals surface area contributed by atoms with E-state index in [0.29, 0.717) is 12.2 Å². The molecule has 3 N–H and O–H groups in total. The molecule has 0 aromatic heterocycles. The number of sulfone groups is 1. The number of hydrogen-bond acceptors (Lipinski definition) is 6. The molecule has 1 aliphatic heterocycles. The van der Waals surface area contributed by atoms with Crippen LogP contribution in [0.5, 0.6) is 0 Å². The van der Waals surface area contributed by atoms with Gasteiger partial charge >= 0.3 is 5.76 Å². The Labute approximate surface area is 162 Å². The third-order valence-corrected chi connectivity index (χ3v) is 6.14. The summed E-state index contributed by atoms with van der Waals surface area (Å²) in [7, 11) is -4.72. The third-order valence-electron chi connectivity index (χ3n) is 3.63. The fourth-order valence-electron chi connectivity index (χ4n) is 2.43. The van der Waals surface area contributed by atoms with Crippen LogP contribution >= 0.6 is 24.2 Å². The molecule has 1 unspecified atom stereocenters. The Morgan fingerprint density at radius 3 is 2.69 bits per heavy atom. The summed E-state index contributed by atoms with van der Waals surface area (Å²) in [4.78, 5) is 11.7. The average Bonchev–Trinajstić information content (AvgIpc) is 2.57. The van der Waals surface area contributed by atoms with Crippen LogP contribution in [-0.4, -0.2) is 50.7 Å². The van der Waals surface area contributed by atoms with Gasteiger partial charge in [-0.15, -0.1) is 12.4 Å². The number of rotatable bonds is 7. The van der Waals surface area contributed by atoms with Gasteiger partial charge in [0.1, 0.15) is 0 Å². The zero-order valence-electron chi connectivity index (χ0n) is 14.1. The number of amides is 1. The maximum atomic E-state index is 12.7. The monoisotopic (exact) mass is 429 g/mol. The van der Waals surface area contributed by atoms with Gasteiger partial charge in [-0.2, -0.15) is 20.5 Å². The van der Waals surface area contributed by atoms with Gasteiger partial charge in [0, 0.05) is 37.1 Å². The number of benzene rings is 1. The first-order valence-electron chi connectivity index (χ1n) is 7.85.